The maximum absolute atomic E-state index is 11.4. The van der Waals surface area contributed by atoms with Gasteiger partial charge in [0.05, 0.1) is 17.9 Å². The van der Waals surface area contributed by atoms with E-state index in [1.807, 2.05) is 6.07 Å². The zero-order valence-electron chi connectivity index (χ0n) is 8.92. The van der Waals surface area contributed by atoms with E-state index < -0.39 is 5.97 Å². The van der Waals surface area contributed by atoms with E-state index in [1.165, 1.54) is 6.26 Å². The number of hydrogen-bond acceptors (Lipinski definition) is 4. The summed E-state index contributed by atoms with van der Waals surface area (Å²) in [5.74, 6) is -0.321. The minimum atomic E-state index is -0.501. The summed E-state index contributed by atoms with van der Waals surface area (Å²) in [7, 11) is 0. The maximum Gasteiger partial charge on any atom is 0.374 e. The third-order valence-electron chi connectivity index (χ3n) is 2.18. The van der Waals surface area contributed by atoms with Crippen LogP contribution < -0.4 is 0 Å². The monoisotopic (exact) mass is 227 g/mol. The summed E-state index contributed by atoms with van der Waals surface area (Å²) in [5.41, 5.74) is 1.40. The van der Waals surface area contributed by atoms with Crippen LogP contribution in [0.1, 0.15) is 21.7 Å². The molecule has 1 aromatic carbocycles. The van der Waals surface area contributed by atoms with Crippen LogP contribution in [0.3, 0.4) is 0 Å². The first-order valence-corrected chi connectivity index (χ1v) is 4.99. The fourth-order valence-corrected chi connectivity index (χ4v) is 1.29. The second kappa shape index (κ2) is 4.99. The molecule has 0 N–H and O–H groups in total. The Balaban J connectivity index is 1.94. The van der Waals surface area contributed by atoms with Gasteiger partial charge in [-0.05, 0) is 29.8 Å². The van der Waals surface area contributed by atoms with Crippen molar-refractivity contribution in [2.45, 2.75) is 6.61 Å². The molecule has 0 aliphatic rings. The molecule has 0 fully saturated rings. The van der Waals surface area contributed by atoms with Gasteiger partial charge in [0.1, 0.15) is 6.61 Å². The van der Waals surface area contributed by atoms with Gasteiger partial charge in [0, 0.05) is 0 Å². The fraction of sp³-hybridized carbons (Fsp3) is 0.0769. The van der Waals surface area contributed by atoms with Crippen molar-refractivity contribution in [2.24, 2.45) is 0 Å². The molecule has 0 bridgehead atoms. The van der Waals surface area contributed by atoms with Gasteiger partial charge in [-0.1, -0.05) is 12.1 Å². The summed E-state index contributed by atoms with van der Waals surface area (Å²) in [6.45, 7) is 0.158. The van der Waals surface area contributed by atoms with Crippen molar-refractivity contribution in [1.82, 2.24) is 0 Å². The van der Waals surface area contributed by atoms with Crippen LogP contribution in [-0.4, -0.2) is 5.97 Å². The Hall–Kier alpha value is -2.54. The van der Waals surface area contributed by atoms with E-state index in [1.54, 1.807) is 36.4 Å². The van der Waals surface area contributed by atoms with Crippen molar-refractivity contribution in [3.63, 3.8) is 0 Å². The number of nitrogens with zero attached hydrogens (tertiary/aromatic N) is 1. The number of rotatable bonds is 3. The lowest BCUT2D eigenvalue weighted by atomic mass is 10.2. The van der Waals surface area contributed by atoms with Crippen molar-refractivity contribution >= 4 is 5.97 Å². The van der Waals surface area contributed by atoms with Gasteiger partial charge in [-0.2, -0.15) is 5.26 Å². The van der Waals surface area contributed by atoms with E-state index in [2.05, 4.69) is 0 Å². The van der Waals surface area contributed by atoms with E-state index in [-0.39, 0.29) is 12.4 Å². The topological polar surface area (TPSA) is 63.2 Å². The average Bonchev–Trinajstić information content (AvgIpc) is 2.90. The minimum absolute atomic E-state index is 0.158. The third-order valence-corrected chi connectivity index (χ3v) is 2.18. The Morgan fingerprint density at radius 3 is 2.65 bits per heavy atom. The van der Waals surface area contributed by atoms with Crippen molar-refractivity contribution in [2.75, 3.05) is 0 Å². The minimum Gasteiger partial charge on any atom is -0.457 e. The zero-order valence-corrected chi connectivity index (χ0v) is 8.92. The lowest BCUT2D eigenvalue weighted by Gasteiger charge is -2.02. The number of benzene rings is 1. The summed E-state index contributed by atoms with van der Waals surface area (Å²) in [6.07, 6.45) is 1.41. The summed E-state index contributed by atoms with van der Waals surface area (Å²) in [5, 5.41) is 8.62. The number of nitriles is 1. The molecule has 1 aromatic heterocycles. The highest BCUT2D eigenvalue weighted by atomic mass is 16.5. The number of esters is 1. The highest BCUT2D eigenvalue weighted by Crippen LogP contribution is 2.08. The standard InChI is InChI=1S/C13H9NO3/c14-8-10-3-5-11(6-4-10)9-17-13(15)12-2-1-7-16-12/h1-7H,9H2. The van der Waals surface area contributed by atoms with E-state index in [0.29, 0.717) is 5.56 Å². The molecule has 0 saturated heterocycles. The number of ether oxygens (including phenoxy) is 1. The fourth-order valence-electron chi connectivity index (χ4n) is 1.29. The van der Waals surface area contributed by atoms with Crippen LogP contribution in [-0.2, 0) is 11.3 Å². The van der Waals surface area contributed by atoms with Crippen molar-refractivity contribution in [3.05, 3.63) is 59.5 Å². The van der Waals surface area contributed by atoms with E-state index >= 15 is 0 Å². The lowest BCUT2D eigenvalue weighted by molar-refractivity contribution is 0.0436. The first-order chi connectivity index (χ1) is 8.29. The molecule has 84 valence electrons. The van der Waals surface area contributed by atoms with Crippen LogP contribution in [0, 0.1) is 11.3 Å². The predicted molar refractivity (Wildman–Crippen MR) is 59.0 cm³/mol. The largest absolute Gasteiger partial charge is 0.457 e. The Kier molecular flexibility index (Phi) is 3.22. The molecular formula is C13H9NO3. The van der Waals surface area contributed by atoms with Crippen molar-refractivity contribution < 1.29 is 13.9 Å². The van der Waals surface area contributed by atoms with Crippen LogP contribution in [0.5, 0.6) is 0 Å². The molecule has 1 heterocycles. The number of hydrogen-bond donors (Lipinski definition) is 0. The predicted octanol–water partition coefficient (Wildman–Crippen LogP) is 2.51. The van der Waals surface area contributed by atoms with Crippen molar-refractivity contribution in [1.29, 1.82) is 5.26 Å². The van der Waals surface area contributed by atoms with Crippen LogP contribution in [0.25, 0.3) is 0 Å². The molecule has 0 atom stereocenters. The lowest BCUT2D eigenvalue weighted by Crippen LogP contribution is -2.03. The van der Waals surface area contributed by atoms with E-state index in [0.717, 1.165) is 5.56 Å². The Morgan fingerprint density at radius 1 is 1.29 bits per heavy atom. The Labute approximate surface area is 98.0 Å². The average molecular weight is 227 g/mol. The quantitative estimate of drug-likeness (QED) is 0.756. The van der Waals surface area contributed by atoms with Gasteiger partial charge in [-0.25, -0.2) is 4.79 Å². The first kappa shape index (κ1) is 11.0. The summed E-state index contributed by atoms with van der Waals surface area (Å²) < 4.78 is 9.93. The molecule has 0 saturated carbocycles. The summed E-state index contributed by atoms with van der Waals surface area (Å²) >= 11 is 0. The smallest absolute Gasteiger partial charge is 0.374 e. The Bertz CT molecular complexity index is 535. The normalized spacial score (nSPS) is 9.59. The second-order valence-corrected chi connectivity index (χ2v) is 3.36. The molecule has 17 heavy (non-hydrogen) atoms. The summed E-state index contributed by atoms with van der Waals surface area (Å²) in [6, 6.07) is 12.0. The van der Waals surface area contributed by atoms with Gasteiger partial charge in [0.25, 0.3) is 0 Å². The molecule has 0 radical (unpaired) electrons. The zero-order chi connectivity index (χ0) is 12.1. The van der Waals surface area contributed by atoms with E-state index in [4.69, 9.17) is 14.4 Å². The summed E-state index contributed by atoms with van der Waals surface area (Å²) in [4.78, 5) is 11.4. The highest BCUT2D eigenvalue weighted by Gasteiger charge is 2.09. The van der Waals surface area contributed by atoms with Gasteiger partial charge >= 0.3 is 5.97 Å². The van der Waals surface area contributed by atoms with Crippen LogP contribution in [0.15, 0.2) is 47.1 Å². The van der Waals surface area contributed by atoms with Crippen LogP contribution in [0.4, 0.5) is 0 Å². The molecule has 0 aliphatic heterocycles. The van der Waals surface area contributed by atoms with Crippen LogP contribution in [0.2, 0.25) is 0 Å². The molecule has 4 heteroatoms. The molecule has 0 aliphatic carbocycles. The second-order valence-electron chi connectivity index (χ2n) is 3.36. The van der Waals surface area contributed by atoms with Gasteiger partial charge in [0.15, 0.2) is 0 Å². The Morgan fingerprint density at radius 2 is 2.06 bits per heavy atom. The number of furan rings is 1. The van der Waals surface area contributed by atoms with E-state index in [9.17, 15) is 4.79 Å². The molecule has 0 spiro atoms. The molecule has 0 unspecified atom stereocenters. The van der Waals surface area contributed by atoms with Gasteiger partial charge in [-0.15, -0.1) is 0 Å². The number of carbonyl (C=O) groups excluding carboxylic acids is 1. The molecule has 0 amide bonds. The first-order valence-electron chi connectivity index (χ1n) is 4.99. The van der Waals surface area contributed by atoms with Crippen molar-refractivity contribution in [3.8, 4) is 6.07 Å². The molecular weight excluding hydrogens is 218 g/mol. The highest BCUT2D eigenvalue weighted by molar-refractivity contribution is 5.86. The molecule has 2 aromatic rings. The SMILES string of the molecule is N#Cc1ccc(COC(=O)c2ccco2)cc1. The van der Waals surface area contributed by atoms with Crippen LogP contribution >= 0.6 is 0 Å². The molecule has 4 nitrogen and oxygen atoms in total. The van der Waals surface area contributed by atoms with Gasteiger partial charge < -0.3 is 9.15 Å². The maximum atomic E-state index is 11.4. The van der Waals surface area contributed by atoms with Gasteiger partial charge in [0.2, 0.25) is 5.76 Å². The number of carbonyl (C=O) groups is 1. The van der Waals surface area contributed by atoms with Gasteiger partial charge in [-0.3, -0.25) is 0 Å². The third kappa shape index (κ3) is 2.73. The molecule has 2 rings (SSSR count).